The van der Waals surface area contributed by atoms with E-state index in [9.17, 15) is 13.5 Å². The molecule has 124 valence electrons. The summed E-state index contributed by atoms with van der Waals surface area (Å²) in [5, 5.41) is 14.4. The van der Waals surface area contributed by atoms with Crippen molar-refractivity contribution >= 4 is 10.2 Å². The van der Waals surface area contributed by atoms with E-state index in [4.69, 9.17) is 0 Å². The quantitative estimate of drug-likeness (QED) is 0.861. The highest BCUT2D eigenvalue weighted by Gasteiger charge is 2.39. The molecule has 2 aliphatic rings. The lowest BCUT2D eigenvalue weighted by atomic mass is 10.0. The molecule has 1 aromatic rings. The molecule has 2 aliphatic heterocycles. The Bertz CT molecular complexity index is 609. The van der Waals surface area contributed by atoms with E-state index in [-0.39, 0.29) is 6.04 Å². The third-order valence-corrected chi connectivity index (χ3v) is 6.71. The fourth-order valence-corrected chi connectivity index (χ4v) is 5.37. The van der Waals surface area contributed by atoms with Crippen LogP contribution in [0.25, 0.3) is 0 Å². The van der Waals surface area contributed by atoms with Gasteiger partial charge in [-0.05, 0) is 32.1 Å². The van der Waals surface area contributed by atoms with Crippen molar-refractivity contribution in [3.63, 3.8) is 0 Å². The summed E-state index contributed by atoms with van der Waals surface area (Å²) in [6.07, 6.45) is 6.72. The fourth-order valence-electron chi connectivity index (χ4n) is 3.42. The molecule has 0 saturated carbocycles. The summed E-state index contributed by atoms with van der Waals surface area (Å²) in [4.78, 5) is 0. The second-order valence-electron chi connectivity index (χ2n) is 6.22. The first-order valence-electron chi connectivity index (χ1n) is 7.92. The Morgan fingerprint density at radius 1 is 1.32 bits per heavy atom. The van der Waals surface area contributed by atoms with Crippen LogP contribution >= 0.6 is 0 Å². The average Bonchev–Trinajstić information content (AvgIpc) is 3.19. The van der Waals surface area contributed by atoms with E-state index in [2.05, 4.69) is 5.10 Å². The number of aliphatic hydroxyl groups is 1. The maximum absolute atomic E-state index is 12.7. The van der Waals surface area contributed by atoms with Crippen molar-refractivity contribution < 1.29 is 13.5 Å². The molecule has 2 saturated heterocycles. The molecule has 1 N–H and O–H groups in total. The van der Waals surface area contributed by atoms with Crippen molar-refractivity contribution in [2.45, 2.75) is 44.2 Å². The minimum atomic E-state index is -3.38. The summed E-state index contributed by atoms with van der Waals surface area (Å²) in [7, 11) is -1.57. The third kappa shape index (κ3) is 3.05. The summed E-state index contributed by atoms with van der Waals surface area (Å²) >= 11 is 0. The van der Waals surface area contributed by atoms with Crippen LogP contribution in [0.4, 0.5) is 0 Å². The smallest absolute Gasteiger partial charge is 0.282 e. The van der Waals surface area contributed by atoms with Crippen LogP contribution in [-0.4, -0.2) is 57.6 Å². The standard InChI is InChI=1S/C14H24N4O3S/c1-16-11-12(10-15-16)14(19)9-13-5-4-8-18(13)22(20,21)17-6-2-3-7-17/h10-11,13-14,19H,2-9H2,1H3. The molecular formula is C14H24N4O3S. The van der Waals surface area contributed by atoms with E-state index in [0.29, 0.717) is 26.1 Å². The van der Waals surface area contributed by atoms with Crippen molar-refractivity contribution in [3.05, 3.63) is 18.0 Å². The minimum Gasteiger partial charge on any atom is -0.388 e. The molecule has 3 heterocycles. The zero-order valence-electron chi connectivity index (χ0n) is 12.9. The molecule has 1 aromatic heterocycles. The van der Waals surface area contributed by atoms with Crippen molar-refractivity contribution in [1.29, 1.82) is 0 Å². The summed E-state index contributed by atoms with van der Waals surface area (Å²) in [6.45, 7) is 1.80. The van der Waals surface area contributed by atoms with Gasteiger partial charge in [-0.3, -0.25) is 4.68 Å². The number of hydrogen-bond acceptors (Lipinski definition) is 4. The topological polar surface area (TPSA) is 78.7 Å². The van der Waals surface area contributed by atoms with Gasteiger partial charge in [-0.25, -0.2) is 0 Å². The molecule has 7 nitrogen and oxygen atoms in total. The number of rotatable bonds is 5. The minimum absolute atomic E-state index is 0.124. The lowest BCUT2D eigenvalue weighted by molar-refractivity contribution is 0.140. The first-order chi connectivity index (χ1) is 10.5. The lowest BCUT2D eigenvalue weighted by Gasteiger charge is -2.29. The molecule has 2 unspecified atom stereocenters. The largest absolute Gasteiger partial charge is 0.388 e. The SMILES string of the molecule is Cn1cc(C(O)CC2CCCN2S(=O)(=O)N2CCCC2)cn1. The number of nitrogens with zero attached hydrogens (tertiary/aromatic N) is 4. The summed E-state index contributed by atoms with van der Waals surface area (Å²) in [5.74, 6) is 0. The first kappa shape index (κ1) is 15.9. The molecular weight excluding hydrogens is 304 g/mol. The van der Waals surface area contributed by atoms with E-state index in [1.165, 1.54) is 0 Å². The molecule has 22 heavy (non-hydrogen) atoms. The highest BCUT2D eigenvalue weighted by atomic mass is 32.2. The zero-order valence-corrected chi connectivity index (χ0v) is 13.7. The Hall–Kier alpha value is -0.960. The molecule has 0 spiro atoms. The van der Waals surface area contributed by atoms with E-state index < -0.39 is 16.3 Å². The molecule has 0 radical (unpaired) electrons. The van der Waals surface area contributed by atoms with Gasteiger partial charge in [0, 0.05) is 44.5 Å². The maximum atomic E-state index is 12.7. The van der Waals surface area contributed by atoms with Crippen LogP contribution in [0.3, 0.4) is 0 Å². The molecule has 3 rings (SSSR count). The summed E-state index contributed by atoms with van der Waals surface area (Å²) in [5.41, 5.74) is 0.743. The van der Waals surface area contributed by atoms with E-state index in [1.54, 1.807) is 32.7 Å². The van der Waals surface area contributed by atoms with Gasteiger partial charge in [0.2, 0.25) is 0 Å². The summed E-state index contributed by atoms with van der Waals surface area (Å²) in [6, 6.07) is -0.124. The van der Waals surface area contributed by atoms with Gasteiger partial charge in [-0.1, -0.05) is 0 Å². The van der Waals surface area contributed by atoms with Crippen LogP contribution in [0, 0.1) is 0 Å². The number of aryl methyl sites for hydroxylation is 1. The normalized spacial score (nSPS) is 25.8. The Morgan fingerprint density at radius 3 is 2.68 bits per heavy atom. The van der Waals surface area contributed by atoms with E-state index >= 15 is 0 Å². The highest BCUT2D eigenvalue weighted by molar-refractivity contribution is 7.86. The Balaban J connectivity index is 1.70. The second kappa shape index (κ2) is 6.27. The Kier molecular flexibility index (Phi) is 4.54. The molecule has 8 heteroatoms. The molecule has 0 aliphatic carbocycles. The number of aliphatic hydroxyl groups excluding tert-OH is 1. The molecule has 2 atom stereocenters. The van der Waals surface area contributed by atoms with Crippen LogP contribution in [0.1, 0.15) is 43.8 Å². The Labute approximate surface area is 131 Å². The monoisotopic (exact) mass is 328 g/mol. The molecule has 0 bridgehead atoms. The maximum Gasteiger partial charge on any atom is 0.282 e. The number of aromatic nitrogens is 2. The predicted octanol–water partition coefficient (Wildman–Crippen LogP) is 0.649. The van der Waals surface area contributed by atoms with Crippen LogP contribution in [-0.2, 0) is 17.3 Å². The molecule has 2 fully saturated rings. The number of hydrogen-bond donors (Lipinski definition) is 1. The Morgan fingerprint density at radius 2 is 2.05 bits per heavy atom. The van der Waals surface area contributed by atoms with Gasteiger partial charge in [0.1, 0.15) is 0 Å². The van der Waals surface area contributed by atoms with Crippen molar-refractivity contribution in [2.24, 2.45) is 7.05 Å². The van der Waals surface area contributed by atoms with Gasteiger partial charge in [-0.15, -0.1) is 0 Å². The van der Waals surface area contributed by atoms with Gasteiger partial charge in [-0.2, -0.15) is 22.1 Å². The average molecular weight is 328 g/mol. The third-order valence-electron chi connectivity index (χ3n) is 4.62. The van der Waals surface area contributed by atoms with Gasteiger partial charge in [0.15, 0.2) is 0 Å². The fraction of sp³-hybridized carbons (Fsp3) is 0.786. The zero-order chi connectivity index (χ0) is 15.7. The van der Waals surface area contributed by atoms with Crippen molar-refractivity contribution in [3.8, 4) is 0 Å². The molecule has 0 amide bonds. The van der Waals surface area contributed by atoms with Crippen molar-refractivity contribution in [1.82, 2.24) is 18.4 Å². The lowest BCUT2D eigenvalue weighted by Crippen LogP contribution is -2.45. The van der Waals surface area contributed by atoms with Gasteiger partial charge < -0.3 is 5.11 Å². The molecule has 0 aromatic carbocycles. The second-order valence-corrected chi connectivity index (χ2v) is 8.10. The van der Waals surface area contributed by atoms with E-state index in [1.807, 2.05) is 0 Å². The van der Waals surface area contributed by atoms with Gasteiger partial charge in [0.25, 0.3) is 10.2 Å². The van der Waals surface area contributed by atoms with Crippen LogP contribution in [0.15, 0.2) is 12.4 Å². The van der Waals surface area contributed by atoms with Crippen molar-refractivity contribution in [2.75, 3.05) is 19.6 Å². The first-order valence-corrected chi connectivity index (χ1v) is 9.31. The van der Waals surface area contributed by atoms with E-state index in [0.717, 1.165) is 31.2 Å². The van der Waals surface area contributed by atoms with Gasteiger partial charge in [0.05, 0.1) is 12.3 Å². The van der Waals surface area contributed by atoms with Crippen LogP contribution in [0.2, 0.25) is 0 Å². The van der Waals surface area contributed by atoms with Gasteiger partial charge >= 0.3 is 0 Å². The summed E-state index contributed by atoms with van der Waals surface area (Å²) < 4.78 is 30.3. The van der Waals surface area contributed by atoms with Crippen LogP contribution < -0.4 is 0 Å². The highest BCUT2D eigenvalue weighted by Crippen LogP contribution is 2.31. The van der Waals surface area contributed by atoms with Crippen LogP contribution in [0.5, 0.6) is 0 Å². The predicted molar refractivity (Wildman–Crippen MR) is 82.2 cm³/mol.